The number of amides is 1. The van der Waals surface area contributed by atoms with Gasteiger partial charge in [0.25, 0.3) is 5.91 Å². The Bertz CT molecular complexity index is 872. The van der Waals surface area contributed by atoms with E-state index in [1.807, 2.05) is 72.8 Å². The fourth-order valence-electron chi connectivity index (χ4n) is 2.39. The molecule has 0 aromatic heterocycles. The second kappa shape index (κ2) is 7.93. The molecule has 1 amide bonds. The average molecular weight is 330 g/mol. The van der Waals surface area contributed by atoms with Crippen LogP contribution in [0.4, 0.5) is 0 Å². The molecule has 0 saturated carbocycles. The lowest BCUT2D eigenvalue weighted by atomic mass is 10.0. The molecule has 0 saturated heterocycles. The number of nitrogens with zero attached hydrogens (tertiary/aromatic N) is 1. The zero-order chi connectivity index (χ0) is 17.5. The van der Waals surface area contributed by atoms with Crippen molar-refractivity contribution in [2.45, 2.75) is 0 Å². The maximum Gasteiger partial charge on any atom is 0.271 e. The average Bonchev–Trinajstić information content (AvgIpc) is 2.69. The van der Waals surface area contributed by atoms with Gasteiger partial charge in [0.1, 0.15) is 5.75 Å². The normalized spacial score (nSPS) is 10.6. The lowest BCUT2D eigenvalue weighted by Gasteiger charge is -2.06. The molecule has 25 heavy (non-hydrogen) atoms. The minimum Gasteiger partial charge on any atom is -0.497 e. The van der Waals surface area contributed by atoms with Crippen LogP contribution in [-0.2, 0) is 0 Å². The van der Waals surface area contributed by atoms with Crippen LogP contribution in [0.25, 0.3) is 11.1 Å². The third kappa shape index (κ3) is 4.32. The van der Waals surface area contributed by atoms with Crippen LogP contribution in [0, 0.1) is 0 Å². The standard InChI is InChI=1S/C21H18N2O2/c1-25-20-12-10-17(11-13-20)18-8-5-9-19(14-18)21(24)23-22-15-16-6-3-2-4-7-16/h2-15H,1H3,(H,23,24)/b22-15+. The minimum atomic E-state index is -0.248. The first-order chi connectivity index (χ1) is 12.3. The smallest absolute Gasteiger partial charge is 0.271 e. The van der Waals surface area contributed by atoms with Crippen LogP contribution in [-0.4, -0.2) is 19.2 Å². The number of benzene rings is 3. The molecule has 0 bridgehead atoms. The number of nitrogens with one attached hydrogen (secondary N) is 1. The molecule has 0 heterocycles. The van der Waals surface area contributed by atoms with Gasteiger partial charge in [-0.2, -0.15) is 5.10 Å². The van der Waals surface area contributed by atoms with Crippen molar-refractivity contribution in [2.24, 2.45) is 5.10 Å². The summed E-state index contributed by atoms with van der Waals surface area (Å²) in [5, 5.41) is 4.00. The second-order valence-electron chi connectivity index (χ2n) is 5.42. The summed E-state index contributed by atoms with van der Waals surface area (Å²) >= 11 is 0. The molecule has 4 nitrogen and oxygen atoms in total. The summed E-state index contributed by atoms with van der Waals surface area (Å²) in [4.78, 5) is 12.3. The summed E-state index contributed by atoms with van der Waals surface area (Å²) in [5.41, 5.74) is 6.01. The second-order valence-corrected chi connectivity index (χ2v) is 5.42. The van der Waals surface area contributed by atoms with Gasteiger partial charge in [-0.3, -0.25) is 4.79 Å². The van der Waals surface area contributed by atoms with Gasteiger partial charge in [-0.1, -0.05) is 54.6 Å². The number of carbonyl (C=O) groups excluding carboxylic acids is 1. The third-order valence-electron chi connectivity index (χ3n) is 3.73. The van der Waals surface area contributed by atoms with E-state index < -0.39 is 0 Å². The largest absolute Gasteiger partial charge is 0.497 e. The molecule has 0 radical (unpaired) electrons. The zero-order valence-electron chi connectivity index (χ0n) is 13.8. The van der Waals surface area contributed by atoms with Gasteiger partial charge in [-0.05, 0) is 41.0 Å². The van der Waals surface area contributed by atoms with Crippen molar-refractivity contribution < 1.29 is 9.53 Å². The van der Waals surface area contributed by atoms with Crippen molar-refractivity contribution in [3.8, 4) is 16.9 Å². The molecular weight excluding hydrogens is 312 g/mol. The molecule has 0 spiro atoms. The van der Waals surface area contributed by atoms with E-state index in [1.165, 1.54) is 0 Å². The van der Waals surface area contributed by atoms with Gasteiger partial charge < -0.3 is 4.74 Å². The molecule has 0 aliphatic carbocycles. The van der Waals surface area contributed by atoms with Crippen LogP contribution in [0.1, 0.15) is 15.9 Å². The van der Waals surface area contributed by atoms with Gasteiger partial charge in [-0.15, -0.1) is 0 Å². The Balaban J connectivity index is 1.72. The van der Waals surface area contributed by atoms with E-state index in [-0.39, 0.29) is 5.91 Å². The van der Waals surface area contributed by atoms with Gasteiger partial charge in [0.15, 0.2) is 0 Å². The van der Waals surface area contributed by atoms with Crippen LogP contribution in [0.15, 0.2) is 84.0 Å². The first-order valence-electron chi connectivity index (χ1n) is 7.89. The topological polar surface area (TPSA) is 50.7 Å². The summed E-state index contributed by atoms with van der Waals surface area (Å²) in [6.07, 6.45) is 1.62. The monoisotopic (exact) mass is 330 g/mol. The van der Waals surface area contributed by atoms with E-state index in [1.54, 1.807) is 19.4 Å². The van der Waals surface area contributed by atoms with Crippen LogP contribution < -0.4 is 10.2 Å². The molecule has 3 rings (SSSR count). The summed E-state index contributed by atoms with van der Waals surface area (Å²) in [6.45, 7) is 0. The summed E-state index contributed by atoms with van der Waals surface area (Å²) < 4.78 is 5.17. The van der Waals surface area contributed by atoms with Crippen LogP contribution in [0.5, 0.6) is 5.75 Å². The SMILES string of the molecule is COc1ccc(-c2cccc(C(=O)N/N=C/c3ccccc3)c2)cc1. The molecule has 4 heteroatoms. The zero-order valence-corrected chi connectivity index (χ0v) is 13.8. The molecule has 0 fully saturated rings. The van der Waals surface area contributed by atoms with Crippen molar-refractivity contribution in [1.82, 2.24) is 5.43 Å². The molecule has 1 N–H and O–H groups in total. The highest BCUT2D eigenvalue weighted by Gasteiger charge is 2.06. The highest BCUT2D eigenvalue weighted by atomic mass is 16.5. The molecule has 0 aliphatic rings. The number of methoxy groups -OCH3 is 1. The summed E-state index contributed by atoms with van der Waals surface area (Å²) in [5.74, 6) is 0.551. The van der Waals surface area contributed by atoms with E-state index >= 15 is 0 Å². The molecule has 0 unspecified atom stereocenters. The van der Waals surface area contributed by atoms with E-state index in [9.17, 15) is 4.79 Å². The van der Waals surface area contributed by atoms with Gasteiger partial charge in [0.05, 0.1) is 13.3 Å². The van der Waals surface area contributed by atoms with Gasteiger partial charge in [-0.25, -0.2) is 5.43 Å². The summed E-state index contributed by atoms with van der Waals surface area (Å²) in [6, 6.07) is 24.7. The number of hydrogen-bond donors (Lipinski definition) is 1. The van der Waals surface area contributed by atoms with Crippen molar-refractivity contribution in [2.75, 3.05) is 7.11 Å². The number of ether oxygens (including phenoxy) is 1. The Morgan fingerprint density at radius 3 is 2.40 bits per heavy atom. The lowest BCUT2D eigenvalue weighted by Crippen LogP contribution is -2.17. The quantitative estimate of drug-likeness (QED) is 0.565. The third-order valence-corrected chi connectivity index (χ3v) is 3.73. The Morgan fingerprint density at radius 1 is 0.920 bits per heavy atom. The van der Waals surface area contributed by atoms with Crippen molar-refractivity contribution in [1.29, 1.82) is 0 Å². The van der Waals surface area contributed by atoms with E-state index in [2.05, 4.69) is 10.5 Å². The Hall–Kier alpha value is -3.40. The number of carbonyl (C=O) groups is 1. The maximum absolute atomic E-state index is 12.3. The fraction of sp³-hybridized carbons (Fsp3) is 0.0476. The molecule has 3 aromatic carbocycles. The van der Waals surface area contributed by atoms with Gasteiger partial charge >= 0.3 is 0 Å². The highest BCUT2D eigenvalue weighted by Crippen LogP contribution is 2.23. The Labute approximate surface area is 146 Å². The molecule has 124 valence electrons. The minimum absolute atomic E-state index is 0.248. The number of rotatable bonds is 5. The first kappa shape index (κ1) is 16.5. The van der Waals surface area contributed by atoms with E-state index in [0.717, 1.165) is 22.4 Å². The molecule has 0 atom stereocenters. The Kier molecular flexibility index (Phi) is 5.22. The van der Waals surface area contributed by atoms with Gasteiger partial charge in [0, 0.05) is 5.56 Å². The van der Waals surface area contributed by atoms with E-state index in [4.69, 9.17) is 4.74 Å². The molecule has 3 aromatic rings. The first-order valence-corrected chi connectivity index (χ1v) is 7.89. The summed E-state index contributed by atoms with van der Waals surface area (Å²) in [7, 11) is 1.63. The number of hydrazone groups is 1. The Morgan fingerprint density at radius 2 is 1.68 bits per heavy atom. The van der Waals surface area contributed by atoms with Crippen LogP contribution >= 0.6 is 0 Å². The fourth-order valence-corrected chi connectivity index (χ4v) is 2.39. The van der Waals surface area contributed by atoms with Crippen LogP contribution in [0.2, 0.25) is 0 Å². The van der Waals surface area contributed by atoms with Crippen molar-refractivity contribution >= 4 is 12.1 Å². The van der Waals surface area contributed by atoms with Crippen LogP contribution in [0.3, 0.4) is 0 Å². The number of hydrogen-bond acceptors (Lipinski definition) is 3. The van der Waals surface area contributed by atoms with Gasteiger partial charge in [0.2, 0.25) is 0 Å². The predicted octanol–water partition coefficient (Wildman–Crippen LogP) is 4.13. The van der Waals surface area contributed by atoms with Crippen molar-refractivity contribution in [3.05, 3.63) is 90.0 Å². The highest BCUT2D eigenvalue weighted by molar-refractivity contribution is 5.96. The molecule has 0 aliphatic heterocycles. The maximum atomic E-state index is 12.3. The molecular formula is C21H18N2O2. The lowest BCUT2D eigenvalue weighted by molar-refractivity contribution is 0.0955. The predicted molar refractivity (Wildman–Crippen MR) is 99.9 cm³/mol. The van der Waals surface area contributed by atoms with E-state index in [0.29, 0.717) is 5.56 Å². The van der Waals surface area contributed by atoms with Crippen molar-refractivity contribution in [3.63, 3.8) is 0 Å².